The fourth-order valence-electron chi connectivity index (χ4n) is 2.21. The first-order valence-electron chi connectivity index (χ1n) is 7.95. The van der Waals surface area contributed by atoms with Crippen LogP contribution in [-0.2, 0) is 25.7 Å². The second-order valence-electron chi connectivity index (χ2n) is 5.41. The number of carbonyl (C=O) groups excluding carboxylic acids is 1. The third-order valence-electron chi connectivity index (χ3n) is 3.64. The highest BCUT2D eigenvalue weighted by atomic mass is 19.4. The average molecular weight is 374 g/mol. The number of halogens is 4. The highest BCUT2D eigenvalue weighted by Gasteiger charge is 2.34. The van der Waals surface area contributed by atoms with Crippen LogP contribution in [0.3, 0.4) is 0 Å². The van der Waals surface area contributed by atoms with Crippen LogP contribution in [0.15, 0.2) is 22.7 Å². The zero-order chi connectivity index (χ0) is 19.3. The fraction of sp³-hybridized carbons (Fsp3) is 0.438. The Balaban J connectivity index is 2.02. The van der Waals surface area contributed by atoms with Crippen LogP contribution in [0, 0.1) is 5.82 Å². The number of hydrogen-bond acceptors (Lipinski definition) is 4. The van der Waals surface area contributed by atoms with E-state index in [0.29, 0.717) is 24.9 Å². The maximum atomic E-state index is 14.0. The first-order valence-corrected chi connectivity index (χ1v) is 7.95. The molecule has 0 atom stereocenters. The minimum atomic E-state index is -4.80. The zero-order valence-corrected chi connectivity index (χ0v) is 14.2. The summed E-state index contributed by atoms with van der Waals surface area (Å²) in [7, 11) is 0. The minimum Gasteiger partial charge on any atom is -0.337 e. The molecule has 1 heterocycles. The maximum Gasteiger partial charge on any atom is 0.419 e. The van der Waals surface area contributed by atoms with Gasteiger partial charge < -0.3 is 14.7 Å². The Morgan fingerprint density at radius 1 is 1.31 bits per heavy atom. The number of urea groups is 1. The van der Waals surface area contributed by atoms with Gasteiger partial charge in [-0.25, -0.2) is 9.18 Å². The van der Waals surface area contributed by atoms with Crippen molar-refractivity contribution < 1.29 is 26.9 Å². The van der Waals surface area contributed by atoms with E-state index in [-0.39, 0.29) is 24.5 Å². The molecule has 142 valence electrons. The third-order valence-corrected chi connectivity index (χ3v) is 3.64. The summed E-state index contributed by atoms with van der Waals surface area (Å²) in [6.45, 7) is 3.51. The Bertz CT molecular complexity index is 761. The first kappa shape index (κ1) is 19.7. The summed E-state index contributed by atoms with van der Waals surface area (Å²) in [6.07, 6.45) is -4.22. The number of aromatic nitrogens is 2. The van der Waals surface area contributed by atoms with Crippen LogP contribution < -0.4 is 5.32 Å². The van der Waals surface area contributed by atoms with Gasteiger partial charge in [0.2, 0.25) is 5.89 Å². The molecule has 0 unspecified atom stereocenters. The molecule has 0 saturated heterocycles. The molecule has 1 aromatic heterocycles. The molecule has 2 rings (SSSR count). The average Bonchev–Trinajstić information content (AvgIpc) is 3.05. The van der Waals surface area contributed by atoms with E-state index in [0.717, 1.165) is 6.07 Å². The summed E-state index contributed by atoms with van der Waals surface area (Å²) in [6, 6.07) is 2.35. The number of aryl methyl sites for hydroxylation is 1. The topological polar surface area (TPSA) is 71.3 Å². The summed E-state index contributed by atoms with van der Waals surface area (Å²) in [5.41, 5.74) is -1.62. The number of carbonyl (C=O) groups is 1. The van der Waals surface area contributed by atoms with Gasteiger partial charge in [0.25, 0.3) is 0 Å². The van der Waals surface area contributed by atoms with Crippen molar-refractivity contribution in [1.82, 2.24) is 20.4 Å². The standard InChI is InChI=1S/C16H18F4N4O2/c1-3-12-22-13(26-23-12)9-24(4-2)15(25)21-8-10-6-5-7-11(14(10)17)16(18,19)20/h5-7H,3-4,8-9H2,1-2H3,(H,21,25). The van der Waals surface area contributed by atoms with Gasteiger partial charge in [0, 0.05) is 25.1 Å². The van der Waals surface area contributed by atoms with Crippen molar-refractivity contribution in [2.75, 3.05) is 6.54 Å². The highest BCUT2D eigenvalue weighted by Crippen LogP contribution is 2.32. The van der Waals surface area contributed by atoms with E-state index in [1.165, 1.54) is 11.0 Å². The quantitative estimate of drug-likeness (QED) is 0.786. The van der Waals surface area contributed by atoms with Gasteiger partial charge in [0.05, 0.1) is 5.56 Å². The van der Waals surface area contributed by atoms with E-state index in [9.17, 15) is 22.4 Å². The third kappa shape index (κ3) is 4.70. The number of nitrogens with zero attached hydrogens (tertiary/aromatic N) is 3. The number of benzene rings is 1. The maximum absolute atomic E-state index is 14.0. The molecular formula is C16H18F4N4O2. The smallest absolute Gasteiger partial charge is 0.337 e. The molecule has 0 aliphatic carbocycles. The van der Waals surface area contributed by atoms with E-state index in [1.54, 1.807) is 6.92 Å². The summed E-state index contributed by atoms with van der Waals surface area (Å²) in [5.74, 6) is -0.653. The van der Waals surface area contributed by atoms with Crippen LogP contribution in [0.4, 0.5) is 22.4 Å². The molecule has 0 saturated carbocycles. The van der Waals surface area contributed by atoms with Crippen LogP contribution in [-0.4, -0.2) is 27.6 Å². The number of nitrogens with one attached hydrogen (secondary N) is 1. The molecule has 1 aromatic carbocycles. The van der Waals surface area contributed by atoms with Crippen LogP contribution in [0.5, 0.6) is 0 Å². The van der Waals surface area contributed by atoms with E-state index in [2.05, 4.69) is 15.5 Å². The molecular weight excluding hydrogens is 356 g/mol. The fourth-order valence-corrected chi connectivity index (χ4v) is 2.21. The number of hydrogen-bond donors (Lipinski definition) is 1. The molecule has 2 amide bonds. The molecule has 1 N–H and O–H groups in total. The van der Waals surface area contributed by atoms with Crippen LogP contribution in [0.25, 0.3) is 0 Å². The lowest BCUT2D eigenvalue weighted by Gasteiger charge is -2.20. The van der Waals surface area contributed by atoms with Gasteiger partial charge in [0.15, 0.2) is 5.82 Å². The van der Waals surface area contributed by atoms with Crippen molar-refractivity contribution in [2.24, 2.45) is 0 Å². The van der Waals surface area contributed by atoms with Crippen molar-refractivity contribution in [2.45, 2.75) is 39.5 Å². The van der Waals surface area contributed by atoms with Gasteiger partial charge in [0.1, 0.15) is 12.4 Å². The zero-order valence-electron chi connectivity index (χ0n) is 14.2. The van der Waals surface area contributed by atoms with Gasteiger partial charge in [-0.2, -0.15) is 18.2 Å². The molecule has 0 radical (unpaired) electrons. The van der Waals surface area contributed by atoms with Gasteiger partial charge in [-0.05, 0) is 13.0 Å². The van der Waals surface area contributed by atoms with Gasteiger partial charge in [-0.3, -0.25) is 0 Å². The largest absolute Gasteiger partial charge is 0.419 e. The molecule has 0 spiro atoms. The molecule has 0 aliphatic heterocycles. The Labute approximate surface area is 147 Å². The number of rotatable bonds is 6. The molecule has 2 aromatic rings. The predicted molar refractivity (Wildman–Crippen MR) is 83.4 cm³/mol. The van der Waals surface area contributed by atoms with Crippen molar-refractivity contribution in [1.29, 1.82) is 0 Å². The summed E-state index contributed by atoms with van der Waals surface area (Å²) in [4.78, 5) is 17.6. The van der Waals surface area contributed by atoms with E-state index in [4.69, 9.17) is 4.52 Å². The minimum absolute atomic E-state index is 0.0421. The highest BCUT2D eigenvalue weighted by molar-refractivity contribution is 5.74. The Morgan fingerprint density at radius 2 is 2.04 bits per heavy atom. The lowest BCUT2D eigenvalue weighted by Crippen LogP contribution is -2.39. The van der Waals surface area contributed by atoms with E-state index in [1.807, 2.05) is 6.92 Å². The molecule has 10 heteroatoms. The van der Waals surface area contributed by atoms with Crippen molar-refractivity contribution in [3.8, 4) is 0 Å². The number of amides is 2. The summed E-state index contributed by atoms with van der Waals surface area (Å²) < 4.78 is 57.2. The van der Waals surface area contributed by atoms with Gasteiger partial charge in [-0.1, -0.05) is 24.2 Å². The molecule has 0 fully saturated rings. The predicted octanol–water partition coefficient (Wildman–Crippen LogP) is 3.52. The molecule has 0 bridgehead atoms. The van der Waals surface area contributed by atoms with Crippen molar-refractivity contribution in [3.05, 3.63) is 46.9 Å². The van der Waals surface area contributed by atoms with Crippen LogP contribution in [0.2, 0.25) is 0 Å². The van der Waals surface area contributed by atoms with Crippen molar-refractivity contribution in [3.63, 3.8) is 0 Å². The van der Waals surface area contributed by atoms with Gasteiger partial charge >= 0.3 is 12.2 Å². The Morgan fingerprint density at radius 3 is 2.62 bits per heavy atom. The van der Waals surface area contributed by atoms with Crippen LogP contribution >= 0.6 is 0 Å². The summed E-state index contributed by atoms with van der Waals surface area (Å²) in [5, 5.41) is 6.12. The molecule has 6 nitrogen and oxygen atoms in total. The lowest BCUT2D eigenvalue weighted by atomic mass is 10.1. The number of alkyl halides is 3. The SMILES string of the molecule is CCc1noc(CN(CC)C(=O)NCc2cccc(C(F)(F)F)c2F)n1. The van der Waals surface area contributed by atoms with E-state index >= 15 is 0 Å². The van der Waals surface area contributed by atoms with Crippen molar-refractivity contribution >= 4 is 6.03 Å². The van der Waals surface area contributed by atoms with Gasteiger partial charge in [-0.15, -0.1) is 0 Å². The second-order valence-corrected chi connectivity index (χ2v) is 5.41. The molecule has 26 heavy (non-hydrogen) atoms. The Kier molecular flexibility index (Phi) is 6.17. The van der Waals surface area contributed by atoms with E-state index < -0.39 is 23.6 Å². The lowest BCUT2D eigenvalue weighted by molar-refractivity contribution is -0.140. The second kappa shape index (κ2) is 8.15. The monoisotopic (exact) mass is 374 g/mol. The molecule has 0 aliphatic rings. The summed E-state index contributed by atoms with van der Waals surface area (Å²) >= 11 is 0. The first-order chi connectivity index (χ1) is 12.3. The Hall–Kier alpha value is -2.65. The van der Waals surface area contributed by atoms with Crippen LogP contribution in [0.1, 0.15) is 36.7 Å². The normalized spacial score (nSPS) is 11.5.